The van der Waals surface area contributed by atoms with E-state index in [-0.39, 0.29) is 17.7 Å². The molecule has 1 aromatic heterocycles. The Hall–Kier alpha value is -1.56. The molecule has 0 fully saturated rings. The number of aromatic nitrogens is 3. The van der Waals surface area contributed by atoms with Crippen molar-refractivity contribution in [1.29, 1.82) is 0 Å². The van der Waals surface area contributed by atoms with Gasteiger partial charge in [0.2, 0.25) is 5.95 Å². The molecule has 0 saturated carbocycles. The average Bonchev–Trinajstić information content (AvgIpc) is 2.31. The van der Waals surface area contributed by atoms with Gasteiger partial charge in [0.1, 0.15) is 11.6 Å². The van der Waals surface area contributed by atoms with Gasteiger partial charge in [-0.3, -0.25) is 0 Å². The molecule has 0 atom stereocenters. The highest BCUT2D eigenvalue weighted by atomic mass is 79.9. The second-order valence-corrected chi connectivity index (χ2v) is 5.01. The Morgan fingerprint density at radius 2 is 1.94 bits per heavy atom. The van der Waals surface area contributed by atoms with Gasteiger partial charge in [0, 0.05) is 16.0 Å². The van der Waals surface area contributed by atoms with Crippen molar-refractivity contribution in [1.82, 2.24) is 15.0 Å². The van der Waals surface area contributed by atoms with Crippen molar-refractivity contribution in [2.24, 2.45) is 0 Å². The van der Waals surface area contributed by atoms with Crippen LogP contribution >= 0.6 is 15.9 Å². The molecule has 0 spiro atoms. The number of nitrogen functional groups attached to an aromatic ring is 1. The van der Waals surface area contributed by atoms with Crippen molar-refractivity contribution in [3.8, 4) is 11.4 Å². The number of hydrogen-bond donors (Lipinski definition) is 1. The van der Waals surface area contributed by atoms with Crippen LogP contribution in [0, 0.1) is 5.82 Å². The van der Waals surface area contributed by atoms with Gasteiger partial charge in [-0.2, -0.15) is 9.97 Å². The fraction of sp³-hybridized carbons (Fsp3) is 0.250. The first-order valence-electron chi connectivity index (χ1n) is 5.44. The van der Waals surface area contributed by atoms with E-state index >= 15 is 0 Å². The minimum Gasteiger partial charge on any atom is -0.368 e. The maximum atomic E-state index is 13.3. The van der Waals surface area contributed by atoms with Gasteiger partial charge >= 0.3 is 0 Å². The standard InChI is InChI=1S/C12H12BrFN4/c1-6(2)10-16-11(18-12(15)17-10)8-5-7(14)3-4-9(8)13/h3-6H,1-2H3,(H2,15,16,17,18). The summed E-state index contributed by atoms with van der Waals surface area (Å²) >= 11 is 3.35. The summed E-state index contributed by atoms with van der Waals surface area (Å²) in [5.74, 6) is 0.880. The SMILES string of the molecule is CC(C)c1nc(N)nc(-c2cc(F)ccc2Br)n1. The summed E-state index contributed by atoms with van der Waals surface area (Å²) in [5, 5.41) is 0. The van der Waals surface area contributed by atoms with Gasteiger partial charge in [-0.1, -0.05) is 29.8 Å². The predicted molar refractivity (Wildman–Crippen MR) is 71.4 cm³/mol. The molecule has 2 rings (SSSR count). The molecule has 18 heavy (non-hydrogen) atoms. The minimum absolute atomic E-state index is 0.126. The molecule has 0 amide bonds. The van der Waals surface area contributed by atoms with Crippen LogP contribution < -0.4 is 5.73 Å². The third kappa shape index (κ3) is 2.64. The second-order valence-electron chi connectivity index (χ2n) is 4.15. The normalized spacial score (nSPS) is 10.9. The molecule has 0 aliphatic heterocycles. The van der Waals surface area contributed by atoms with Crippen LogP contribution in [0.25, 0.3) is 11.4 Å². The fourth-order valence-corrected chi connectivity index (χ4v) is 1.88. The number of anilines is 1. The second kappa shape index (κ2) is 4.97. The van der Waals surface area contributed by atoms with E-state index in [1.807, 2.05) is 13.8 Å². The van der Waals surface area contributed by atoms with Crippen molar-refractivity contribution >= 4 is 21.9 Å². The lowest BCUT2D eigenvalue weighted by molar-refractivity contribution is 0.628. The summed E-state index contributed by atoms with van der Waals surface area (Å²) in [7, 11) is 0. The molecule has 0 radical (unpaired) electrons. The molecule has 1 aromatic carbocycles. The van der Waals surface area contributed by atoms with Gasteiger partial charge in [-0.15, -0.1) is 0 Å². The highest BCUT2D eigenvalue weighted by molar-refractivity contribution is 9.10. The quantitative estimate of drug-likeness (QED) is 0.925. The Kier molecular flexibility index (Phi) is 3.56. The molecule has 2 aromatic rings. The fourth-order valence-electron chi connectivity index (χ4n) is 1.46. The molecule has 4 nitrogen and oxygen atoms in total. The predicted octanol–water partition coefficient (Wildman–Crippen LogP) is 3.15. The van der Waals surface area contributed by atoms with Crippen molar-refractivity contribution in [2.75, 3.05) is 5.73 Å². The molecular weight excluding hydrogens is 299 g/mol. The topological polar surface area (TPSA) is 64.7 Å². The van der Waals surface area contributed by atoms with Crippen molar-refractivity contribution in [3.63, 3.8) is 0 Å². The molecule has 6 heteroatoms. The smallest absolute Gasteiger partial charge is 0.223 e. The number of rotatable bonds is 2. The lowest BCUT2D eigenvalue weighted by Gasteiger charge is -2.08. The lowest BCUT2D eigenvalue weighted by atomic mass is 10.2. The Balaban J connectivity index is 2.60. The van der Waals surface area contributed by atoms with E-state index in [9.17, 15) is 4.39 Å². The van der Waals surface area contributed by atoms with Gasteiger partial charge in [-0.25, -0.2) is 9.37 Å². The first-order valence-corrected chi connectivity index (χ1v) is 6.23. The van der Waals surface area contributed by atoms with Gasteiger partial charge in [-0.05, 0) is 18.2 Å². The monoisotopic (exact) mass is 310 g/mol. The summed E-state index contributed by atoms with van der Waals surface area (Å²) in [6, 6.07) is 4.34. The molecule has 0 aliphatic carbocycles. The zero-order valence-electron chi connectivity index (χ0n) is 9.98. The number of nitrogens with two attached hydrogens (primary N) is 1. The average molecular weight is 311 g/mol. The maximum Gasteiger partial charge on any atom is 0.223 e. The number of hydrogen-bond acceptors (Lipinski definition) is 4. The van der Waals surface area contributed by atoms with Crippen LogP contribution in [0.5, 0.6) is 0 Å². The highest BCUT2D eigenvalue weighted by Crippen LogP contribution is 2.27. The molecule has 0 saturated heterocycles. The van der Waals surface area contributed by atoms with E-state index < -0.39 is 0 Å². The van der Waals surface area contributed by atoms with Crippen LogP contribution in [0.1, 0.15) is 25.6 Å². The van der Waals surface area contributed by atoms with Crippen LogP contribution in [-0.4, -0.2) is 15.0 Å². The van der Waals surface area contributed by atoms with Crippen LogP contribution in [0.4, 0.5) is 10.3 Å². The van der Waals surface area contributed by atoms with Crippen molar-refractivity contribution in [2.45, 2.75) is 19.8 Å². The molecule has 1 heterocycles. The first kappa shape index (κ1) is 12.9. The van der Waals surface area contributed by atoms with Crippen molar-refractivity contribution in [3.05, 3.63) is 34.3 Å². The molecular formula is C12H12BrFN4. The highest BCUT2D eigenvalue weighted by Gasteiger charge is 2.12. The van der Waals surface area contributed by atoms with Gasteiger partial charge in [0.15, 0.2) is 5.82 Å². The van der Waals surface area contributed by atoms with E-state index in [0.29, 0.717) is 21.7 Å². The number of nitrogens with zero attached hydrogens (tertiary/aromatic N) is 3. The molecule has 0 aliphatic rings. The Bertz CT molecular complexity index is 586. The Labute approximate surface area is 113 Å². The zero-order chi connectivity index (χ0) is 13.3. The Morgan fingerprint density at radius 3 is 2.61 bits per heavy atom. The summed E-state index contributed by atoms with van der Waals surface area (Å²) in [6.45, 7) is 3.92. The lowest BCUT2D eigenvalue weighted by Crippen LogP contribution is -2.06. The molecule has 0 bridgehead atoms. The van der Waals surface area contributed by atoms with Gasteiger partial charge in [0.25, 0.3) is 0 Å². The van der Waals surface area contributed by atoms with Crippen LogP contribution in [-0.2, 0) is 0 Å². The Morgan fingerprint density at radius 1 is 1.22 bits per heavy atom. The van der Waals surface area contributed by atoms with E-state index in [2.05, 4.69) is 30.9 Å². The summed E-state index contributed by atoms with van der Waals surface area (Å²) in [5.41, 5.74) is 6.21. The summed E-state index contributed by atoms with van der Waals surface area (Å²) in [4.78, 5) is 12.4. The number of halogens is 2. The zero-order valence-corrected chi connectivity index (χ0v) is 11.6. The van der Waals surface area contributed by atoms with E-state index in [1.165, 1.54) is 12.1 Å². The van der Waals surface area contributed by atoms with Crippen LogP contribution in [0.3, 0.4) is 0 Å². The summed E-state index contributed by atoms with van der Waals surface area (Å²) in [6.07, 6.45) is 0. The minimum atomic E-state index is -0.349. The molecule has 0 unspecified atom stereocenters. The van der Waals surface area contributed by atoms with Gasteiger partial charge in [0.05, 0.1) is 0 Å². The van der Waals surface area contributed by atoms with E-state index in [4.69, 9.17) is 5.73 Å². The van der Waals surface area contributed by atoms with Crippen LogP contribution in [0.2, 0.25) is 0 Å². The van der Waals surface area contributed by atoms with Gasteiger partial charge < -0.3 is 5.73 Å². The third-order valence-corrected chi connectivity index (χ3v) is 3.05. The molecule has 94 valence electrons. The van der Waals surface area contributed by atoms with Crippen molar-refractivity contribution < 1.29 is 4.39 Å². The summed E-state index contributed by atoms with van der Waals surface area (Å²) < 4.78 is 14.0. The third-order valence-electron chi connectivity index (χ3n) is 2.36. The number of benzene rings is 1. The van der Waals surface area contributed by atoms with E-state index in [0.717, 1.165) is 0 Å². The maximum absolute atomic E-state index is 13.3. The first-order chi connectivity index (χ1) is 8.47. The largest absolute Gasteiger partial charge is 0.368 e. The van der Waals surface area contributed by atoms with Crippen LogP contribution in [0.15, 0.2) is 22.7 Å². The molecule has 2 N–H and O–H groups in total. The van der Waals surface area contributed by atoms with E-state index in [1.54, 1.807) is 6.07 Å².